The van der Waals surface area contributed by atoms with Crippen LogP contribution >= 0.6 is 0 Å². The summed E-state index contributed by atoms with van der Waals surface area (Å²) >= 11 is 0. The van der Waals surface area contributed by atoms with Crippen LogP contribution in [0.25, 0.3) is 0 Å². The van der Waals surface area contributed by atoms with Gasteiger partial charge in [0.25, 0.3) is 0 Å². The van der Waals surface area contributed by atoms with Gasteiger partial charge in [-0.15, -0.1) is 0 Å². The van der Waals surface area contributed by atoms with E-state index in [1.54, 1.807) is 28.0 Å². The number of hydrogen-bond acceptors (Lipinski definition) is 5. The Labute approximate surface area is 141 Å². The summed E-state index contributed by atoms with van der Waals surface area (Å²) in [5, 5.41) is 6.95. The van der Waals surface area contributed by atoms with Gasteiger partial charge in [0, 0.05) is 52.6 Å². The van der Waals surface area contributed by atoms with Crippen LogP contribution in [-0.4, -0.2) is 59.0 Å². The normalized spacial score (nSPS) is 17.0. The number of carbonyl (C=O) groups excluding carboxylic acids is 1. The van der Waals surface area contributed by atoms with Crippen LogP contribution in [-0.2, 0) is 7.05 Å². The number of aryl methyl sites for hydroxylation is 1. The predicted octanol–water partition coefficient (Wildman–Crippen LogP) is 1.57. The molecular formula is C16H22N6O2. The van der Waals surface area contributed by atoms with Crippen LogP contribution in [0.1, 0.15) is 6.42 Å². The number of amides is 2. The molecule has 1 saturated heterocycles. The maximum absolute atomic E-state index is 12.3. The largest absolute Gasteiger partial charge is 0.485 e. The van der Waals surface area contributed by atoms with Crippen molar-refractivity contribution < 1.29 is 9.53 Å². The molecule has 1 aliphatic rings. The number of nitrogens with one attached hydrogen (secondary N) is 1. The number of pyridine rings is 1. The molecule has 3 rings (SSSR count). The van der Waals surface area contributed by atoms with Gasteiger partial charge in [-0.2, -0.15) is 5.10 Å². The summed E-state index contributed by atoms with van der Waals surface area (Å²) in [5.74, 6) is 2.07. The van der Waals surface area contributed by atoms with Gasteiger partial charge < -0.3 is 14.5 Å². The second kappa shape index (κ2) is 6.77. The standard InChI is InChI=1S/C16H22N6O2/c1-20(2)15-13(5-4-8-17-15)24-12-6-10-22(11-12)16(23)18-14-7-9-21(3)19-14/h4-5,7-9,12H,6,10-11H2,1-3H3,(H,18,19,23)/t12-/m1/s1. The molecule has 1 N–H and O–H groups in total. The summed E-state index contributed by atoms with van der Waals surface area (Å²) in [7, 11) is 5.67. The van der Waals surface area contributed by atoms with Crippen molar-refractivity contribution in [3.63, 3.8) is 0 Å². The highest BCUT2D eigenvalue weighted by molar-refractivity contribution is 5.88. The monoisotopic (exact) mass is 330 g/mol. The second-order valence-corrected chi connectivity index (χ2v) is 6.00. The minimum atomic E-state index is -0.154. The zero-order valence-electron chi connectivity index (χ0n) is 14.1. The minimum Gasteiger partial charge on any atom is -0.485 e. The highest BCUT2D eigenvalue weighted by atomic mass is 16.5. The van der Waals surface area contributed by atoms with E-state index in [2.05, 4.69) is 15.4 Å². The SMILES string of the molecule is CN(C)c1ncccc1O[C@@H]1CCN(C(=O)Nc2ccn(C)n2)C1. The van der Waals surface area contributed by atoms with Crippen molar-refractivity contribution in [3.05, 3.63) is 30.6 Å². The molecule has 1 aliphatic heterocycles. The van der Waals surface area contributed by atoms with Gasteiger partial charge in [0.15, 0.2) is 17.4 Å². The Morgan fingerprint density at radius 2 is 2.25 bits per heavy atom. The fourth-order valence-electron chi connectivity index (χ4n) is 2.67. The van der Waals surface area contributed by atoms with Crippen LogP contribution in [0.3, 0.4) is 0 Å². The van der Waals surface area contributed by atoms with Gasteiger partial charge in [0.2, 0.25) is 0 Å². The second-order valence-electron chi connectivity index (χ2n) is 6.00. The molecule has 0 unspecified atom stereocenters. The molecule has 0 bridgehead atoms. The van der Waals surface area contributed by atoms with Gasteiger partial charge in [-0.05, 0) is 12.1 Å². The van der Waals surface area contributed by atoms with Crippen LogP contribution in [0.4, 0.5) is 16.4 Å². The molecule has 0 aliphatic carbocycles. The molecule has 2 aromatic rings. The first-order chi connectivity index (χ1) is 11.5. The molecule has 1 fully saturated rings. The molecule has 0 saturated carbocycles. The lowest BCUT2D eigenvalue weighted by atomic mass is 10.3. The highest BCUT2D eigenvalue weighted by Gasteiger charge is 2.28. The van der Waals surface area contributed by atoms with E-state index in [4.69, 9.17) is 4.74 Å². The summed E-state index contributed by atoms with van der Waals surface area (Å²) in [6.07, 6.45) is 4.28. The predicted molar refractivity (Wildman–Crippen MR) is 91.4 cm³/mol. The van der Waals surface area contributed by atoms with Gasteiger partial charge in [-0.1, -0.05) is 0 Å². The van der Waals surface area contributed by atoms with Crippen molar-refractivity contribution in [1.29, 1.82) is 0 Å². The average Bonchev–Trinajstić information content (AvgIpc) is 3.17. The Morgan fingerprint density at radius 3 is 2.96 bits per heavy atom. The van der Waals surface area contributed by atoms with E-state index in [0.29, 0.717) is 18.9 Å². The maximum atomic E-state index is 12.3. The quantitative estimate of drug-likeness (QED) is 0.921. The summed E-state index contributed by atoms with van der Waals surface area (Å²) < 4.78 is 7.71. The van der Waals surface area contributed by atoms with Crippen LogP contribution < -0.4 is 15.0 Å². The van der Waals surface area contributed by atoms with Gasteiger partial charge >= 0.3 is 6.03 Å². The Hall–Kier alpha value is -2.77. The number of anilines is 2. The molecule has 2 amide bonds. The molecule has 8 heteroatoms. The summed E-state index contributed by atoms with van der Waals surface area (Å²) in [5.41, 5.74) is 0. The molecule has 0 radical (unpaired) electrons. The Morgan fingerprint density at radius 1 is 1.42 bits per heavy atom. The molecule has 8 nitrogen and oxygen atoms in total. The zero-order valence-corrected chi connectivity index (χ0v) is 14.1. The number of carbonyl (C=O) groups is 1. The fourth-order valence-corrected chi connectivity index (χ4v) is 2.67. The number of rotatable bonds is 4. The lowest BCUT2D eigenvalue weighted by Gasteiger charge is -2.20. The van der Waals surface area contributed by atoms with Crippen molar-refractivity contribution in [3.8, 4) is 5.75 Å². The highest BCUT2D eigenvalue weighted by Crippen LogP contribution is 2.26. The van der Waals surface area contributed by atoms with Crippen molar-refractivity contribution in [2.45, 2.75) is 12.5 Å². The van der Waals surface area contributed by atoms with E-state index in [1.165, 1.54) is 0 Å². The van der Waals surface area contributed by atoms with Crippen molar-refractivity contribution in [2.75, 3.05) is 37.4 Å². The molecular weight excluding hydrogens is 308 g/mol. The van der Waals surface area contributed by atoms with E-state index in [9.17, 15) is 4.79 Å². The van der Waals surface area contributed by atoms with Crippen LogP contribution in [0, 0.1) is 0 Å². The molecule has 128 valence electrons. The van der Waals surface area contributed by atoms with Gasteiger partial charge in [-0.3, -0.25) is 10.00 Å². The van der Waals surface area contributed by atoms with E-state index in [0.717, 1.165) is 18.0 Å². The topological polar surface area (TPSA) is 75.5 Å². The maximum Gasteiger partial charge on any atom is 0.323 e. The number of ether oxygens (including phenoxy) is 1. The number of hydrogen-bond donors (Lipinski definition) is 1. The third-order valence-electron chi connectivity index (χ3n) is 3.85. The minimum absolute atomic E-state index is 0.0395. The number of nitrogens with zero attached hydrogens (tertiary/aromatic N) is 5. The Kier molecular flexibility index (Phi) is 4.54. The van der Waals surface area contributed by atoms with E-state index < -0.39 is 0 Å². The average molecular weight is 330 g/mol. The van der Waals surface area contributed by atoms with Crippen molar-refractivity contribution >= 4 is 17.7 Å². The first-order valence-corrected chi connectivity index (χ1v) is 7.87. The number of likely N-dealkylation sites (tertiary alicyclic amines) is 1. The lowest BCUT2D eigenvalue weighted by Crippen LogP contribution is -2.34. The van der Waals surface area contributed by atoms with Gasteiger partial charge in [0.05, 0.1) is 6.54 Å². The Balaban J connectivity index is 1.58. The molecule has 1 atom stereocenters. The fraction of sp³-hybridized carbons (Fsp3) is 0.438. The van der Waals surface area contributed by atoms with Crippen molar-refractivity contribution in [1.82, 2.24) is 19.7 Å². The molecule has 2 aromatic heterocycles. The smallest absolute Gasteiger partial charge is 0.323 e. The van der Waals surface area contributed by atoms with E-state index in [1.807, 2.05) is 38.2 Å². The summed E-state index contributed by atoms with van der Waals surface area (Å²) in [6.45, 7) is 1.20. The molecule has 3 heterocycles. The summed E-state index contributed by atoms with van der Waals surface area (Å²) in [4.78, 5) is 20.3. The van der Waals surface area contributed by atoms with Crippen LogP contribution in [0.15, 0.2) is 30.6 Å². The van der Waals surface area contributed by atoms with Crippen LogP contribution in [0.2, 0.25) is 0 Å². The number of urea groups is 1. The lowest BCUT2D eigenvalue weighted by molar-refractivity contribution is 0.195. The molecule has 24 heavy (non-hydrogen) atoms. The first kappa shape index (κ1) is 16.1. The van der Waals surface area contributed by atoms with Crippen LogP contribution in [0.5, 0.6) is 5.75 Å². The summed E-state index contributed by atoms with van der Waals surface area (Å²) in [6, 6.07) is 5.36. The molecule has 0 aromatic carbocycles. The van der Waals surface area contributed by atoms with E-state index in [-0.39, 0.29) is 12.1 Å². The third kappa shape index (κ3) is 3.58. The van der Waals surface area contributed by atoms with E-state index >= 15 is 0 Å². The molecule has 0 spiro atoms. The third-order valence-corrected chi connectivity index (χ3v) is 3.85. The number of aromatic nitrogens is 3. The first-order valence-electron chi connectivity index (χ1n) is 7.87. The van der Waals surface area contributed by atoms with Gasteiger partial charge in [0.1, 0.15) is 6.10 Å². The van der Waals surface area contributed by atoms with Crippen molar-refractivity contribution in [2.24, 2.45) is 7.05 Å². The van der Waals surface area contributed by atoms with Gasteiger partial charge in [-0.25, -0.2) is 9.78 Å². The Bertz CT molecular complexity index is 714. The zero-order chi connectivity index (χ0) is 17.1.